The van der Waals surface area contributed by atoms with Gasteiger partial charge in [0.1, 0.15) is 5.75 Å². The molecule has 1 aliphatic heterocycles. The third-order valence-electron chi connectivity index (χ3n) is 6.38. The zero-order chi connectivity index (χ0) is 25.5. The van der Waals surface area contributed by atoms with E-state index in [1.165, 1.54) is 7.11 Å². The molecule has 4 N–H and O–H groups in total. The van der Waals surface area contributed by atoms with Gasteiger partial charge >= 0.3 is 0 Å². The molecule has 1 fully saturated rings. The van der Waals surface area contributed by atoms with Crippen LogP contribution in [0.15, 0.2) is 66.7 Å². The summed E-state index contributed by atoms with van der Waals surface area (Å²) in [6, 6.07) is 20.0. The van der Waals surface area contributed by atoms with Crippen LogP contribution in [0.5, 0.6) is 5.75 Å². The maximum absolute atomic E-state index is 13.1. The van der Waals surface area contributed by atoms with Gasteiger partial charge in [-0.15, -0.1) is 0 Å². The second-order valence-corrected chi connectivity index (χ2v) is 8.96. The van der Waals surface area contributed by atoms with Crippen LogP contribution in [0.3, 0.4) is 0 Å². The van der Waals surface area contributed by atoms with Gasteiger partial charge in [0.15, 0.2) is 0 Å². The lowest BCUT2D eigenvalue weighted by Crippen LogP contribution is -2.43. The number of hydrogen-bond donors (Lipinski definition) is 3. The SMILES string of the molecule is COc1ccccc1C(=O)Nc1ccc(CN)c(NC(=O)c2cccc(CN3CCN(C)CC3)c2)c1. The number of nitrogens with two attached hydrogens (primary N) is 1. The Morgan fingerprint density at radius 1 is 0.917 bits per heavy atom. The Morgan fingerprint density at radius 2 is 1.69 bits per heavy atom. The van der Waals surface area contributed by atoms with Crippen LogP contribution in [0.25, 0.3) is 0 Å². The number of ether oxygens (including phenoxy) is 1. The maximum atomic E-state index is 13.1. The van der Waals surface area contributed by atoms with Crippen LogP contribution in [-0.4, -0.2) is 62.0 Å². The molecule has 0 aliphatic carbocycles. The van der Waals surface area contributed by atoms with E-state index < -0.39 is 0 Å². The van der Waals surface area contributed by atoms with Crippen molar-refractivity contribution in [2.75, 3.05) is 51.0 Å². The molecule has 4 rings (SSSR count). The van der Waals surface area contributed by atoms with Crippen molar-refractivity contribution in [2.24, 2.45) is 5.73 Å². The molecule has 1 aliphatic rings. The number of carbonyl (C=O) groups is 2. The molecule has 0 bridgehead atoms. The molecule has 0 atom stereocenters. The van der Waals surface area contributed by atoms with Crippen LogP contribution >= 0.6 is 0 Å². The number of likely N-dealkylation sites (N-methyl/N-ethyl adjacent to an activating group) is 1. The van der Waals surface area contributed by atoms with E-state index in [0.717, 1.165) is 43.9 Å². The van der Waals surface area contributed by atoms with Crippen LogP contribution in [-0.2, 0) is 13.1 Å². The average molecular weight is 488 g/mol. The van der Waals surface area contributed by atoms with E-state index in [-0.39, 0.29) is 18.4 Å². The van der Waals surface area contributed by atoms with Crippen molar-refractivity contribution in [3.63, 3.8) is 0 Å². The second-order valence-electron chi connectivity index (χ2n) is 8.96. The standard InChI is InChI=1S/C28H33N5O3/c1-32-12-14-33(15-13-32)19-20-6-5-7-21(16-20)27(34)31-25-17-23(11-10-22(25)18-29)30-28(35)24-8-3-4-9-26(24)36-2/h3-11,16-17H,12-15,18-19,29H2,1-2H3,(H,30,35)(H,31,34). The molecule has 0 saturated carbocycles. The fraction of sp³-hybridized carbons (Fsp3) is 0.286. The summed E-state index contributed by atoms with van der Waals surface area (Å²) >= 11 is 0. The van der Waals surface area contributed by atoms with E-state index in [1.807, 2.05) is 12.1 Å². The fourth-order valence-corrected chi connectivity index (χ4v) is 4.25. The van der Waals surface area contributed by atoms with E-state index in [0.29, 0.717) is 28.3 Å². The Balaban J connectivity index is 1.47. The first-order valence-electron chi connectivity index (χ1n) is 12.1. The minimum atomic E-state index is -0.304. The highest BCUT2D eigenvalue weighted by Crippen LogP contribution is 2.24. The molecular weight excluding hydrogens is 454 g/mol. The summed E-state index contributed by atoms with van der Waals surface area (Å²) in [5, 5.41) is 5.85. The summed E-state index contributed by atoms with van der Waals surface area (Å²) < 4.78 is 5.29. The third kappa shape index (κ3) is 6.28. The lowest BCUT2D eigenvalue weighted by molar-refractivity contribution is 0.101. The second kappa shape index (κ2) is 11.8. The van der Waals surface area contributed by atoms with Gasteiger partial charge in [-0.25, -0.2) is 0 Å². The van der Waals surface area contributed by atoms with Crippen LogP contribution in [0, 0.1) is 0 Å². The van der Waals surface area contributed by atoms with Crippen molar-refractivity contribution in [1.29, 1.82) is 0 Å². The Hall–Kier alpha value is -3.72. The van der Waals surface area contributed by atoms with E-state index in [1.54, 1.807) is 48.5 Å². The summed E-state index contributed by atoms with van der Waals surface area (Å²) in [4.78, 5) is 30.7. The van der Waals surface area contributed by atoms with Gasteiger partial charge in [-0.3, -0.25) is 14.5 Å². The third-order valence-corrected chi connectivity index (χ3v) is 6.38. The largest absolute Gasteiger partial charge is 0.496 e. The number of rotatable bonds is 8. The number of amides is 2. The highest BCUT2D eigenvalue weighted by Gasteiger charge is 2.16. The predicted octanol–water partition coefficient (Wildman–Crippen LogP) is 3.41. The van der Waals surface area contributed by atoms with Gasteiger partial charge in [0.2, 0.25) is 0 Å². The Kier molecular flexibility index (Phi) is 8.32. The number of nitrogens with zero attached hydrogens (tertiary/aromatic N) is 2. The van der Waals surface area contributed by atoms with Gasteiger partial charge in [-0.2, -0.15) is 0 Å². The van der Waals surface area contributed by atoms with Crippen molar-refractivity contribution in [1.82, 2.24) is 9.80 Å². The molecule has 3 aromatic carbocycles. The van der Waals surface area contributed by atoms with Crippen LogP contribution in [0.2, 0.25) is 0 Å². The van der Waals surface area contributed by atoms with E-state index in [4.69, 9.17) is 10.5 Å². The Labute approximate surface area is 212 Å². The number of benzene rings is 3. The van der Waals surface area contributed by atoms with Gasteiger partial charge in [0.25, 0.3) is 11.8 Å². The molecule has 36 heavy (non-hydrogen) atoms. The molecule has 3 aromatic rings. The molecule has 0 radical (unpaired) electrons. The van der Waals surface area contributed by atoms with Gasteiger partial charge in [0.05, 0.1) is 12.7 Å². The number of carbonyl (C=O) groups excluding carboxylic acids is 2. The summed E-state index contributed by atoms with van der Waals surface area (Å²) in [7, 11) is 3.66. The van der Waals surface area contributed by atoms with Gasteiger partial charge in [-0.1, -0.05) is 30.3 Å². The normalized spacial score (nSPS) is 14.3. The average Bonchev–Trinajstić information content (AvgIpc) is 2.90. The number of anilines is 2. The predicted molar refractivity (Wildman–Crippen MR) is 142 cm³/mol. The van der Waals surface area contributed by atoms with Crippen molar-refractivity contribution < 1.29 is 14.3 Å². The quantitative estimate of drug-likeness (QED) is 0.450. The first-order chi connectivity index (χ1) is 17.5. The molecule has 1 saturated heterocycles. The monoisotopic (exact) mass is 487 g/mol. The van der Waals surface area contributed by atoms with Crippen molar-refractivity contribution in [2.45, 2.75) is 13.1 Å². The molecule has 0 spiro atoms. The molecule has 1 heterocycles. The lowest BCUT2D eigenvalue weighted by atomic mass is 10.1. The zero-order valence-electron chi connectivity index (χ0n) is 20.8. The molecule has 0 unspecified atom stereocenters. The number of methoxy groups -OCH3 is 1. The van der Waals surface area contributed by atoms with Crippen LogP contribution < -0.4 is 21.1 Å². The molecular formula is C28H33N5O3. The number of nitrogens with one attached hydrogen (secondary N) is 2. The van der Waals surface area contributed by atoms with Crippen molar-refractivity contribution in [3.8, 4) is 5.75 Å². The summed E-state index contributed by atoms with van der Waals surface area (Å²) in [5.41, 5.74) is 9.89. The summed E-state index contributed by atoms with van der Waals surface area (Å²) in [5.74, 6) is -0.0430. The number of hydrogen-bond acceptors (Lipinski definition) is 6. The van der Waals surface area contributed by atoms with E-state index >= 15 is 0 Å². The van der Waals surface area contributed by atoms with Gasteiger partial charge in [-0.05, 0) is 54.6 Å². The Bertz CT molecular complexity index is 1220. The first-order valence-corrected chi connectivity index (χ1v) is 12.1. The first kappa shape index (κ1) is 25.4. The minimum Gasteiger partial charge on any atom is -0.496 e. The summed E-state index contributed by atoms with van der Waals surface area (Å²) in [6.45, 7) is 5.19. The van der Waals surface area contributed by atoms with Crippen molar-refractivity contribution >= 4 is 23.2 Å². The van der Waals surface area contributed by atoms with Crippen LogP contribution in [0.1, 0.15) is 31.8 Å². The smallest absolute Gasteiger partial charge is 0.259 e. The summed E-state index contributed by atoms with van der Waals surface area (Å²) in [6.07, 6.45) is 0. The number of para-hydroxylation sites is 1. The van der Waals surface area contributed by atoms with E-state index in [2.05, 4.69) is 33.5 Å². The van der Waals surface area contributed by atoms with Gasteiger partial charge < -0.3 is 26.0 Å². The molecule has 0 aromatic heterocycles. The zero-order valence-corrected chi connectivity index (χ0v) is 20.8. The molecule has 188 valence electrons. The lowest BCUT2D eigenvalue weighted by Gasteiger charge is -2.32. The highest BCUT2D eigenvalue weighted by molar-refractivity contribution is 6.07. The van der Waals surface area contributed by atoms with Crippen LogP contribution in [0.4, 0.5) is 11.4 Å². The fourth-order valence-electron chi connectivity index (χ4n) is 4.25. The number of piperazine rings is 1. The van der Waals surface area contributed by atoms with E-state index in [9.17, 15) is 9.59 Å². The topological polar surface area (TPSA) is 99.9 Å². The maximum Gasteiger partial charge on any atom is 0.259 e. The van der Waals surface area contributed by atoms with Crippen molar-refractivity contribution in [3.05, 3.63) is 89.0 Å². The molecule has 8 nitrogen and oxygen atoms in total. The Morgan fingerprint density at radius 3 is 2.44 bits per heavy atom. The minimum absolute atomic E-state index is 0.224. The van der Waals surface area contributed by atoms with Gasteiger partial charge in [0, 0.05) is 56.2 Å². The highest BCUT2D eigenvalue weighted by atomic mass is 16.5. The molecule has 2 amide bonds. The molecule has 8 heteroatoms.